The maximum Gasteiger partial charge on any atom is 0.338 e. The fraction of sp³-hybridized carbons (Fsp3) is 0. The Balaban J connectivity index is 0.000000240. The average molecular weight is 368 g/mol. The standard InChI is InChI=1S/2C8H8O3S/c1-2-11-12(9,10)8-6-4-3-5-7-8;1-2-7-5-3-4-6-8(7)12(9,10)11/h2-7H,1H2;2-6H,1H2,(H,9,10,11). The first kappa shape index (κ1) is 19.6. The van der Waals surface area contributed by atoms with Gasteiger partial charge in [0.1, 0.15) is 9.79 Å². The van der Waals surface area contributed by atoms with Gasteiger partial charge in [0.15, 0.2) is 0 Å². The maximum atomic E-state index is 11.1. The van der Waals surface area contributed by atoms with Gasteiger partial charge in [-0.05, 0) is 23.8 Å². The summed E-state index contributed by atoms with van der Waals surface area (Å²) in [6.45, 7) is 6.60. The van der Waals surface area contributed by atoms with Gasteiger partial charge in [-0.15, -0.1) is 0 Å². The van der Waals surface area contributed by atoms with Crippen LogP contribution >= 0.6 is 0 Å². The molecule has 0 fully saturated rings. The van der Waals surface area contributed by atoms with E-state index in [2.05, 4.69) is 17.3 Å². The predicted octanol–water partition coefficient (Wildman–Crippen LogP) is 3.11. The first-order chi connectivity index (χ1) is 11.2. The first-order valence-corrected chi connectivity index (χ1v) is 9.35. The van der Waals surface area contributed by atoms with E-state index >= 15 is 0 Å². The lowest BCUT2D eigenvalue weighted by atomic mass is 10.2. The highest BCUT2D eigenvalue weighted by molar-refractivity contribution is 7.86. The highest BCUT2D eigenvalue weighted by Gasteiger charge is 2.12. The van der Waals surface area contributed by atoms with Gasteiger partial charge in [-0.3, -0.25) is 4.55 Å². The molecular weight excluding hydrogens is 352 g/mol. The summed E-state index contributed by atoms with van der Waals surface area (Å²) in [5.41, 5.74) is 0.403. The van der Waals surface area contributed by atoms with Gasteiger partial charge in [-0.1, -0.05) is 55.6 Å². The lowest BCUT2D eigenvalue weighted by Gasteiger charge is -2.00. The Labute approximate surface area is 141 Å². The van der Waals surface area contributed by atoms with Crippen LogP contribution in [0.2, 0.25) is 0 Å². The SMILES string of the molecule is C=COS(=O)(=O)c1ccccc1.C=Cc1ccccc1S(=O)(=O)O. The van der Waals surface area contributed by atoms with E-state index in [1.54, 1.807) is 30.3 Å². The van der Waals surface area contributed by atoms with Crippen molar-refractivity contribution in [2.24, 2.45) is 0 Å². The van der Waals surface area contributed by atoms with Gasteiger partial charge < -0.3 is 4.18 Å². The molecule has 0 aliphatic rings. The van der Waals surface area contributed by atoms with E-state index in [-0.39, 0.29) is 9.79 Å². The van der Waals surface area contributed by atoms with Gasteiger partial charge in [-0.25, -0.2) is 0 Å². The van der Waals surface area contributed by atoms with E-state index in [0.717, 1.165) is 6.26 Å². The topological polar surface area (TPSA) is 97.7 Å². The van der Waals surface area contributed by atoms with Gasteiger partial charge >= 0.3 is 10.1 Å². The summed E-state index contributed by atoms with van der Waals surface area (Å²) in [6.07, 6.45) is 2.27. The zero-order chi connectivity index (χ0) is 18.2. The number of hydrogen-bond donors (Lipinski definition) is 1. The first-order valence-electron chi connectivity index (χ1n) is 6.50. The van der Waals surface area contributed by atoms with Gasteiger partial charge in [0.25, 0.3) is 10.1 Å². The van der Waals surface area contributed by atoms with Crippen LogP contribution in [-0.2, 0) is 24.4 Å². The van der Waals surface area contributed by atoms with Crippen LogP contribution in [-0.4, -0.2) is 21.4 Å². The second kappa shape index (κ2) is 8.44. The molecule has 0 saturated carbocycles. The molecule has 0 radical (unpaired) electrons. The Morgan fingerprint density at radius 1 is 0.875 bits per heavy atom. The Bertz CT molecular complexity index is 901. The van der Waals surface area contributed by atoms with Crippen molar-refractivity contribution in [3.8, 4) is 0 Å². The zero-order valence-electron chi connectivity index (χ0n) is 12.6. The molecule has 8 heteroatoms. The Morgan fingerprint density at radius 2 is 1.42 bits per heavy atom. The molecule has 0 atom stereocenters. The summed E-state index contributed by atoms with van der Waals surface area (Å²) in [7, 11) is -7.75. The van der Waals surface area contributed by atoms with Crippen LogP contribution in [0.5, 0.6) is 0 Å². The summed E-state index contributed by atoms with van der Waals surface area (Å²) in [5, 5.41) is 0. The van der Waals surface area contributed by atoms with Crippen molar-refractivity contribution < 1.29 is 25.6 Å². The van der Waals surface area contributed by atoms with Gasteiger partial charge in [0.05, 0.1) is 6.26 Å². The molecule has 0 spiro atoms. The summed E-state index contributed by atoms with van der Waals surface area (Å²) in [6, 6.07) is 14.0. The highest BCUT2D eigenvalue weighted by atomic mass is 32.2. The molecule has 0 aliphatic carbocycles. The lowest BCUT2D eigenvalue weighted by molar-refractivity contribution is 0.444. The molecule has 2 rings (SSSR count). The smallest absolute Gasteiger partial charge is 0.338 e. The van der Waals surface area contributed by atoms with Crippen molar-refractivity contribution in [3.63, 3.8) is 0 Å². The van der Waals surface area contributed by atoms with Crippen LogP contribution in [0, 0.1) is 0 Å². The van der Waals surface area contributed by atoms with Crippen molar-refractivity contribution in [2.75, 3.05) is 0 Å². The molecule has 2 aromatic rings. The van der Waals surface area contributed by atoms with Crippen molar-refractivity contribution in [2.45, 2.75) is 9.79 Å². The zero-order valence-corrected chi connectivity index (χ0v) is 14.2. The molecule has 24 heavy (non-hydrogen) atoms. The normalized spacial score (nSPS) is 10.9. The second-order valence-electron chi connectivity index (χ2n) is 4.25. The van der Waals surface area contributed by atoms with E-state index < -0.39 is 20.2 Å². The molecule has 0 heterocycles. The quantitative estimate of drug-likeness (QED) is 0.495. The molecule has 2 aromatic carbocycles. The molecular formula is C16H16O6S2. The number of hydrogen-bond acceptors (Lipinski definition) is 5. The summed E-state index contributed by atoms with van der Waals surface area (Å²) >= 11 is 0. The predicted molar refractivity (Wildman–Crippen MR) is 91.3 cm³/mol. The van der Waals surface area contributed by atoms with E-state index in [9.17, 15) is 16.8 Å². The van der Waals surface area contributed by atoms with E-state index in [0.29, 0.717) is 5.56 Å². The third-order valence-corrected chi connectivity index (χ3v) is 4.81. The molecule has 0 aromatic heterocycles. The van der Waals surface area contributed by atoms with Crippen molar-refractivity contribution >= 4 is 26.3 Å². The van der Waals surface area contributed by atoms with Crippen LogP contribution in [0.25, 0.3) is 6.08 Å². The van der Waals surface area contributed by atoms with Gasteiger partial charge in [0, 0.05) is 0 Å². The van der Waals surface area contributed by atoms with Crippen LogP contribution in [0.4, 0.5) is 0 Å². The number of benzene rings is 2. The molecule has 0 unspecified atom stereocenters. The van der Waals surface area contributed by atoms with E-state index in [4.69, 9.17) is 4.55 Å². The molecule has 0 saturated heterocycles. The molecule has 0 bridgehead atoms. The van der Waals surface area contributed by atoms with Gasteiger partial charge in [0.2, 0.25) is 0 Å². The average Bonchev–Trinajstić information content (AvgIpc) is 2.55. The van der Waals surface area contributed by atoms with Gasteiger partial charge in [-0.2, -0.15) is 16.8 Å². The second-order valence-corrected chi connectivity index (χ2v) is 7.21. The number of rotatable bonds is 5. The van der Waals surface area contributed by atoms with E-state index in [1.165, 1.54) is 30.3 Å². The minimum atomic E-state index is -4.12. The molecule has 6 nitrogen and oxygen atoms in total. The third-order valence-electron chi connectivity index (χ3n) is 2.64. The Kier molecular flexibility index (Phi) is 6.90. The summed E-state index contributed by atoms with van der Waals surface area (Å²) in [4.78, 5) is 0.0184. The molecule has 0 amide bonds. The minimum Gasteiger partial charge on any atom is -0.388 e. The van der Waals surface area contributed by atoms with Crippen molar-refractivity contribution in [1.82, 2.24) is 0 Å². The summed E-state index contributed by atoms with van der Waals surface area (Å²) in [5.74, 6) is 0. The molecule has 1 N–H and O–H groups in total. The largest absolute Gasteiger partial charge is 0.388 e. The van der Waals surface area contributed by atoms with Crippen LogP contribution < -0.4 is 0 Å². The molecule has 0 aliphatic heterocycles. The summed E-state index contributed by atoms with van der Waals surface area (Å²) < 4.78 is 56.8. The van der Waals surface area contributed by atoms with Crippen LogP contribution in [0.3, 0.4) is 0 Å². The fourth-order valence-corrected chi connectivity index (χ4v) is 3.10. The Morgan fingerprint density at radius 3 is 1.88 bits per heavy atom. The maximum absolute atomic E-state index is 11.1. The molecule has 128 valence electrons. The van der Waals surface area contributed by atoms with E-state index in [1.807, 2.05) is 0 Å². The van der Waals surface area contributed by atoms with Crippen molar-refractivity contribution in [1.29, 1.82) is 0 Å². The highest BCUT2D eigenvalue weighted by Crippen LogP contribution is 2.15. The van der Waals surface area contributed by atoms with Crippen molar-refractivity contribution in [3.05, 3.63) is 79.6 Å². The third kappa shape index (κ3) is 5.65. The van der Waals surface area contributed by atoms with Crippen LogP contribution in [0.1, 0.15) is 5.56 Å². The monoisotopic (exact) mass is 368 g/mol. The lowest BCUT2D eigenvalue weighted by Crippen LogP contribution is -2.00. The minimum absolute atomic E-state index is 0.111. The van der Waals surface area contributed by atoms with Crippen LogP contribution in [0.15, 0.2) is 83.8 Å². The fourth-order valence-electron chi connectivity index (χ4n) is 1.62. The Hall–Kier alpha value is -2.42.